The van der Waals surface area contributed by atoms with Crippen LogP contribution in [0.15, 0.2) is 16.9 Å². The van der Waals surface area contributed by atoms with Crippen LogP contribution in [0.2, 0.25) is 0 Å². The van der Waals surface area contributed by atoms with Crippen molar-refractivity contribution in [1.82, 2.24) is 10.5 Å². The van der Waals surface area contributed by atoms with Crippen LogP contribution in [-0.4, -0.2) is 34.7 Å². The van der Waals surface area contributed by atoms with Crippen LogP contribution in [0, 0.1) is 29.1 Å². The second kappa shape index (κ2) is 7.25. The van der Waals surface area contributed by atoms with Gasteiger partial charge in [0.05, 0.1) is 6.61 Å². The van der Waals surface area contributed by atoms with Gasteiger partial charge in [0.25, 0.3) is 11.8 Å². The number of hydrogen-bond donors (Lipinski definition) is 3. The Hall–Kier alpha value is -3.02. The molecule has 25 heavy (non-hydrogen) atoms. The van der Waals surface area contributed by atoms with Crippen LogP contribution < -0.4 is 10.6 Å². The van der Waals surface area contributed by atoms with Crippen LogP contribution in [0.25, 0.3) is 0 Å². The summed E-state index contributed by atoms with van der Waals surface area (Å²) < 4.78 is 70.7. The fourth-order valence-electron chi connectivity index (χ4n) is 1.72. The molecule has 0 saturated carbocycles. The lowest BCUT2D eigenvalue weighted by atomic mass is 10.1. The SMILES string of the molecule is O=C(NC(CO)C(=O)Nc1ccon1)c1c(F)c(F)c(F)c(F)c1F. The minimum absolute atomic E-state index is 0.103. The molecule has 0 spiro atoms. The van der Waals surface area contributed by atoms with Gasteiger partial charge in [-0.1, -0.05) is 5.16 Å². The summed E-state index contributed by atoms with van der Waals surface area (Å²) in [5.74, 6) is -14.8. The average molecular weight is 365 g/mol. The molecule has 0 saturated heterocycles. The van der Waals surface area contributed by atoms with Gasteiger partial charge in [0.2, 0.25) is 5.82 Å². The highest BCUT2D eigenvalue weighted by Crippen LogP contribution is 2.23. The van der Waals surface area contributed by atoms with Crippen LogP contribution >= 0.6 is 0 Å². The Bertz CT molecular complexity index is 783. The molecule has 0 radical (unpaired) electrons. The minimum Gasteiger partial charge on any atom is -0.394 e. The molecule has 7 nitrogen and oxygen atoms in total. The van der Waals surface area contributed by atoms with E-state index in [0.717, 1.165) is 6.26 Å². The topological polar surface area (TPSA) is 104 Å². The summed E-state index contributed by atoms with van der Waals surface area (Å²) in [7, 11) is 0. The Morgan fingerprint density at radius 1 is 1.08 bits per heavy atom. The molecule has 1 unspecified atom stereocenters. The van der Waals surface area contributed by atoms with Crippen molar-refractivity contribution < 1.29 is 41.2 Å². The predicted octanol–water partition coefficient (Wildman–Crippen LogP) is 1.10. The van der Waals surface area contributed by atoms with E-state index in [-0.39, 0.29) is 5.82 Å². The lowest BCUT2D eigenvalue weighted by Crippen LogP contribution is -2.46. The molecule has 1 aromatic carbocycles. The van der Waals surface area contributed by atoms with Crippen molar-refractivity contribution in [2.75, 3.05) is 11.9 Å². The Labute approximate surface area is 135 Å². The zero-order chi connectivity index (χ0) is 18.7. The zero-order valence-corrected chi connectivity index (χ0v) is 11.9. The maximum Gasteiger partial charge on any atom is 0.258 e. The van der Waals surface area contributed by atoms with Crippen LogP contribution in [0.3, 0.4) is 0 Å². The number of carbonyl (C=O) groups is 2. The number of aromatic nitrogens is 1. The second-order valence-corrected chi connectivity index (χ2v) is 4.53. The Morgan fingerprint density at radius 3 is 2.12 bits per heavy atom. The minimum atomic E-state index is -2.44. The van der Waals surface area contributed by atoms with E-state index < -0.39 is 59.1 Å². The van der Waals surface area contributed by atoms with Gasteiger partial charge in [-0.2, -0.15) is 0 Å². The van der Waals surface area contributed by atoms with Crippen molar-refractivity contribution >= 4 is 17.6 Å². The molecular weight excluding hydrogens is 357 g/mol. The fourth-order valence-corrected chi connectivity index (χ4v) is 1.72. The summed E-state index contributed by atoms with van der Waals surface area (Å²) in [5, 5.41) is 16.1. The Balaban J connectivity index is 2.24. The first-order valence-corrected chi connectivity index (χ1v) is 6.42. The van der Waals surface area contributed by atoms with Gasteiger partial charge in [0, 0.05) is 6.07 Å². The fraction of sp³-hybridized carbons (Fsp3) is 0.154. The molecule has 0 fully saturated rings. The number of amides is 2. The van der Waals surface area contributed by atoms with E-state index in [4.69, 9.17) is 5.11 Å². The average Bonchev–Trinajstić information content (AvgIpc) is 3.09. The number of benzene rings is 1. The van der Waals surface area contributed by atoms with Crippen molar-refractivity contribution in [1.29, 1.82) is 0 Å². The second-order valence-electron chi connectivity index (χ2n) is 4.53. The molecule has 3 N–H and O–H groups in total. The number of halogens is 5. The third-order valence-corrected chi connectivity index (χ3v) is 2.93. The first-order chi connectivity index (χ1) is 11.8. The Kier molecular flexibility index (Phi) is 5.32. The molecule has 1 heterocycles. The molecule has 2 aromatic rings. The van der Waals surface area contributed by atoms with Gasteiger partial charge >= 0.3 is 0 Å². The van der Waals surface area contributed by atoms with E-state index in [1.165, 1.54) is 6.07 Å². The van der Waals surface area contributed by atoms with Gasteiger partial charge in [-0.15, -0.1) is 0 Å². The summed E-state index contributed by atoms with van der Waals surface area (Å²) in [4.78, 5) is 23.6. The van der Waals surface area contributed by atoms with Crippen LogP contribution in [0.4, 0.5) is 27.8 Å². The van der Waals surface area contributed by atoms with Crippen molar-refractivity contribution in [3.63, 3.8) is 0 Å². The van der Waals surface area contributed by atoms with Crippen molar-refractivity contribution in [3.05, 3.63) is 47.0 Å². The number of carbonyl (C=O) groups excluding carboxylic acids is 2. The van der Waals surface area contributed by atoms with E-state index in [9.17, 15) is 31.5 Å². The lowest BCUT2D eigenvalue weighted by molar-refractivity contribution is -0.118. The molecule has 0 aliphatic rings. The Morgan fingerprint density at radius 2 is 1.64 bits per heavy atom. The number of anilines is 1. The van der Waals surface area contributed by atoms with Crippen molar-refractivity contribution in [2.45, 2.75) is 6.04 Å². The van der Waals surface area contributed by atoms with Gasteiger partial charge in [-0.25, -0.2) is 22.0 Å². The maximum atomic E-state index is 13.5. The molecule has 2 amide bonds. The van der Waals surface area contributed by atoms with Crippen molar-refractivity contribution in [3.8, 4) is 0 Å². The van der Waals surface area contributed by atoms with E-state index in [1.54, 1.807) is 5.32 Å². The van der Waals surface area contributed by atoms with E-state index in [0.29, 0.717) is 0 Å². The summed E-state index contributed by atoms with van der Waals surface area (Å²) >= 11 is 0. The number of aliphatic hydroxyl groups excluding tert-OH is 1. The first-order valence-electron chi connectivity index (χ1n) is 6.42. The standard InChI is InChI=1S/C13H8F5N3O4/c14-7-6(8(15)10(17)11(18)9(7)16)13(24)19-4(3-22)12(23)20-5-1-2-25-21-5/h1-2,4,22H,3H2,(H,19,24)(H,20,21,23). The van der Waals surface area contributed by atoms with Gasteiger partial charge in [0.1, 0.15) is 17.9 Å². The predicted molar refractivity (Wildman–Crippen MR) is 69.7 cm³/mol. The highest BCUT2D eigenvalue weighted by molar-refractivity contribution is 6.01. The zero-order valence-electron chi connectivity index (χ0n) is 11.9. The molecule has 12 heteroatoms. The van der Waals surface area contributed by atoms with Crippen LogP contribution in [-0.2, 0) is 4.79 Å². The number of nitrogens with one attached hydrogen (secondary N) is 2. The van der Waals surface area contributed by atoms with Crippen LogP contribution in [0.1, 0.15) is 10.4 Å². The molecule has 134 valence electrons. The van der Waals surface area contributed by atoms with E-state index >= 15 is 0 Å². The van der Waals surface area contributed by atoms with Crippen molar-refractivity contribution in [2.24, 2.45) is 0 Å². The molecule has 2 rings (SSSR count). The molecule has 0 bridgehead atoms. The quantitative estimate of drug-likeness (QED) is 0.418. The smallest absolute Gasteiger partial charge is 0.258 e. The number of hydrogen-bond acceptors (Lipinski definition) is 5. The summed E-state index contributed by atoms with van der Waals surface area (Å²) in [6.45, 7) is -1.04. The highest BCUT2D eigenvalue weighted by atomic mass is 19.2. The van der Waals surface area contributed by atoms with E-state index in [1.807, 2.05) is 0 Å². The monoisotopic (exact) mass is 365 g/mol. The van der Waals surface area contributed by atoms with Gasteiger partial charge in [-0.3, -0.25) is 9.59 Å². The summed E-state index contributed by atoms with van der Waals surface area (Å²) in [5.41, 5.74) is -1.79. The third kappa shape index (κ3) is 3.57. The van der Waals surface area contributed by atoms with Gasteiger partial charge in [0.15, 0.2) is 29.1 Å². The molecule has 0 aliphatic heterocycles. The normalized spacial score (nSPS) is 11.9. The summed E-state index contributed by atoms with van der Waals surface area (Å²) in [6.07, 6.45) is 1.09. The maximum absolute atomic E-state index is 13.5. The molecular formula is C13H8F5N3O4. The first kappa shape index (κ1) is 18.3. The van der Waals surface area contributed by atoms with Gasteiger partial charge in [-0.05, 0) is 0 Å². The largest absolute Gasteiger partial charge is 0.394 e. The van der Waals surface area contributed by atoms with E-state index in [2.05, 4.69) is 15.0 Å². The van der Waals surface area contributed by atoms with Crippen LogP contribution in [0.5, 0.6) is 0 Å². The molecule has 0 aliphatic carbocycles. The number of aliphatic hydroxyl groups is 1. The number of rotatable bonds is 5. The third-order valence-electron chi connectivity index (χ3n) is 2.93. The molecule has 1 aromatic heterocycles. The number of nitrogens with zero attached hydrogens (tertiary/aromatic N) is 1. The highest BCUT2D eigenvalue weighted by Gasteiger charge is 2.31. The molecule has 1 atom stereocenters. The van der Waals surface area contributed by atoms with Gasteiger partial charge < -0.3 is 20.3 Å². The lowest BCUT2D eigenvalue weighted by Gasteiger charge is -2.16. The summed E-state index contributed by atoms with van der Waals surface area (Å²) in [6, 6.07) is -0.558.